The Morgan fingerprint density at radius 2 is 1.55 bits per heavy atom. The third-order valence-corrected chi connectivity index (χ3v) is 6.09. The second kappa shape index (κ2) is 6.37. The van der Waals surface area contributed by atoms with Crippen LogP contribution >= 0.6 is 11.6 Å². The molecule has 0 spiro atoms. The van der Waals surface area contributed by atoms with Crippen molar-refractivity contribution in [2.24, 2.45) is 0 Å². The molecule has 1 heterocycles. The van der Waals surface area contributed by atoms with E-state index in [4.69, 9.17) is 11.6 Å². The normalized spacial score (nSPS) is 13.9. The van der Waals surface area contributed by atoms with Gasteiger partial charge in [-0.2, -0.15) is 48.3 Å². The molecule has 0 bridgehead atoms. The standard InChI is InChI=1S/C13H5ClF6N2O5S2/c14-7-2-1-6-3-10-9(5-21-22(10)28(23,24)12(15,16)17)11(8(6)4-7)27-29(25,26)13(18,19)20/h1-5H. The summed E-state index contributed by atoms with van der Waals surface area (Å²) in [6.07, 6.45) is 0.431. The van der Waals surface area contributed by atoms with Crippen molar-refractivity contribution in [1.29, 1.82) is 0 Å². The highest BCUT2D eigenvalue weighted by Crippen LogP contribution is 2.40. The molecule has 0 aliphatic carbocycles. The smallest absolute Gasteiger partial charge is 0.375 e. The Balaban J connectivity index is 2.43. The summed E-state index contributed by atoms with van der Waals surface area (Å²) < 4.78 is 127. The van der Waals surface area contributed by atoms with Crippen LogP contribution in [-0.4, -0.2) is 37.0 Å². The molecule has 0 saturated carbocycles. The van der Waals surface area contributed by atoms with Crippen molar-refractivity contribution in [1.82, 2.24) is 9.19 Å². The summed E-state index contributed by atoms with van der Waals surface area (Å²) in [6, 6.07) is 4.15. The predicted octanol–water partition coefficient (Wildman–Crippen LogP) is 3.77. The Morgan fingerprint density at radius 3 is 2.10 bits per heavy atom. The summed E-state index contributed by atoms with van der Waals surface area (Å²) in [5, 5.41) is 1.76. The molecule has 0 fully saturated rings. The minimum absolute atomic E-state index is 0.0681. The topological polar surface area (TPSA) is 95.3 Å². The molecule has 2 aromatic carbocycles. The number of aromatic nitrogens is 2. The van der Waals surface area contributed by atoms with Crippen LogP contribution in [0, 0.1) is 0 Å². The molecule has 0 radical (unpaired) electrons. The number of nitrogens with zero attached hydrogens (tertiary/aromatic N) is 2. The van der Waals surface area contributed by atoms with Crippen LogP contribution < -0.4 is 4.18 Å². The van der Waals surface area contributed by atoms with Crippen LogP contribution in [0.25, 0.3) is 21.7 Å². The number of fused-ring (bicyclic) bond motifs is 2. The fourth-order valence-electron chi connectivity index (χ4n) is 2.33. The van der Waals surface area contributed by atoms with Crippen LogP contribution in [0.15, 0.2) is 30.5 Å². The number of alkyl halides is 6. The number of rotatable bonds is 3. The highest BCUT2D eigenvalue weighted by molar-refractivity contribution is 7.90. The van der Waals surface area contributed by atoms with Gasteiger partial charge >= 0.3 is 31.2 Å². The first-order chi connectivity index (χ1) is 13.1. The van der Waals surface area contributed by atoms with E-state index in [1.54, 1.807) is 0 Å². The molecular formula is C13H5ClF6N2O5S2. The van der Waals surface area contributed by atoms with Crippen molar-refractivity contribution in [2.75, 3.05) is 0 Å². The van der Waals surface area contributed by atoms with Gasteiger partial charge in [0.2, 0.25) is 0 Å². The molecule has 0 amide bonds. The van der Waals surface area contributed by atoms with Gasteiger partial charge in [0.05, 0.1) is 17.1 Å². The van der Waals surface area contributed by atoms with Crippen molar-refractivity contribution in [3.05, 3.63) is 35.5 Å². The maximum atomic E-state index is 12.9. The molecule has 0 saturated heterocycles. The third kappa shape index (κ3) is 3.46. The Morgan fingerprint density at radius 1 is 0.931 bits per heavy atom. The number of hydrogen-bond donors (Lipinski definition) is 0. The van der Waals surface area contributed by atoms with E-state index < -0.39 is 51.9 Å². The SMILES string of the molecule is O=S(=O)(Oc1c2cc(Cl)ccc2cc2c1cnn2S(=O)(=O)C(F)(F)F)C(F)(F)F. The quantitative estimate of drug-likeness (QED) is 0.320. The van der Waals surface area contributed by atoms with Crippen LogP contribution in [0.1, 0.15) is 0 Å². The second-order valence-corrected chi connectivity index (χ2v) is 9.16. The molecule has 0 unspecified atom stereocenters. The minimum atomic E-state index is -6.25. The first-order valence-electron chi connectivity index (χ1n) is 6.99. The van der Waals surface area contributed by atoms with Gasteiger partial charge in [-0.15, -0.1) is 4.09 Å². The van der Waals surface area contributed by atoms with Gasteiger partial charge in [0, 0.05) is 10.4 Å². The highest BCUT2D eigenvalue weighted by Gasteiger charge is 2.50. The molecule has 0 atom stereocenters. The van der Waals surface area contributed by atoms with E-state index >= 15 is 0 Å². The summed E-state index contributed by atoms with van der Waals surface area (Å²) in [5.41, 5.74) is -12.5. The van der Waals surface area contributed by atoms with E-state index in [0.29, 0.717) is 6.20 Å². The van der Waals surface area contributed by atoms with E-state index in [2.05, 4.69) is 9.28 Å². The Bertz CT molecular complexity index is 1350. The molecule has 0 N–H and O–H groups in total. The van der Waals surface area contributed by atoms with Gasteiger partial charge in [-0.25, -0.2) is 0 Å². The molecule has 158 valence electrons. The molecule has 0 aliphatic rings. The Kier molecular flexibility index (Phi) is 4.71. The lowest BCUT2D eigenvalue weighted by atomic mass is 10.1. The lowest BCUT2D eigenvalue weighted by Gasteiger charge is -2.14. The maximum Gasteiger partial charge on any atom is 0.534 e. The summed E-state index contributed by atoms with van der Waals surface area (Å²) in [6.45, 7) is 0. The van der Waals surface area contributed by atoms with Gasteiger partial charge in [0.1, 0.15) is 0 Å². The van der Waals surface area contributed by atoms with Crippen LogP contribution in [0.3, 0.4) is 0 Å². The van der Waals surface area contributed by atoms with Crippen molar-refractivity contribution in [3.63, 3.8) is 0 Å². The monoisotopic (exact) mass is 482 g/mol. The molecule has 7 nitrogen and oxygen atoms in total. The zero-order chi connectivity index (χ0) is 22.0. The molecule has 0 aliphatic heterocycles. The number of halogens is 7. The third-order valence-electron chi connectivity index (χ3n) is 3.57. The van der Waals surface area contributed by atoms with Crippen LogP contribution in [-0.2, 0) is 20.1 Å². The average Bonchev–Trinajstić information content (AvgIpc) is 2.97. The zero-order valence-corrected chi connectivity index (χ0v) is 15.7. The van der Waals surface area contributed by atoms with E-state index in [9.17, 15) is 43.2 Å². The molecular weight excluding hydrogens is 478 g/mol. The maximum absolute atomic E-state index is 12.9. The molecule has 3 aromatic rings. The summed E-state index contributed by atoms with van der Waals surface area (Å²) in [7, 11) is -12.3. The van der Waals surface area contributed by atoms with Gasteiger partial charge in [0.25, 0.3) is 0 Å². The van der Waals surface area contributed by atoms with Crippen molar-refractivity contribution in [3.8, 4) is 5.75 Å². The van der Waals surface area contributed by atoms with E-state index in [0.717, 1.165) is 18.2 Å². The van der Waals surface area contributed by atoms with Crippen LogP contribution in [0.5, 0.6) is 5.75 Å². The lowest BCUT2D eigenvalue weighted by Crippen LogP contribution is -2.30. The summed E-state index contributed by atoms with van der Waals surface area (Å²) in [5.74, 6) is -1.08. The van der Waals surface area contributed by atoms with Gasteiger partial charge in [-0.05, 0) is 23.6 Å². The zero-order valence-electron chi connectivity index (χ0n) is 13.3. The molecule has 1 aromatic heterocycles. The highest BCUT2D eigenvalue weighted by atomic mass is 35.5. The van der Waals surface area contributed by atoms with Crippen LogP contribution in [0.4, 0.5) is 26.3 Å². The summed E-state index contributed by atoms with van der Waals surface area (Å²) >= 11 is 5.75. The minimum Gasteiger partial charge on any atom is -0.375 e. The Labute approximate surface area is 162 Å². The van der Waals surface area contributed by atoms with Gasteiger partial charge in [0.15, 0.2) is 5.75 Å². The van der Waals surface area contributed by atoms with E-state index in [1.165, 1.54) is 6.07 Å². The molecule has 16 heteroatoms. The predicted molar refractivity (Wildman–Crippen MR) is 88.2 cm³/mol. The van der Waals surface area contributed by atoms with Gasteiger partial charge in [-0.3, -0.25) is 0 Å². The fourth-order valence-corrected chi connectivity index (χ4v) is 3.77. The van der Waals surface area contributed by atoms with E-state index in [1.807, 2.05) is 0 Å². The van der Waals surface area contributed by atoms with Crippen molar-refractivity contribution < 1.29 is 47.4 Å². The van der Waals surface area contributed by atoms with Gasteiger partial charge < -0.3 is 4.18 Å². The average molecular weight is 483 g/mol. The number of hydrogen-bond acceptors (Lipinski definition) is 6. The summed E-state index contributed by atoms with van der Waals surface area (Å²) in [4.78, 5) is 0. The second-order valence-electron chi connectivity index (χ2n) is 5.43. The van der Waals surface area contributed by atoms with Crippen molar-refractivity contribution in [2.45, 2.75) is 11.0 Å². The first kappa shape index (κ1) is 21.4. The van der Waals surface area contributed by atoms with Gasteiger partial charge in [-0.1, -0.05) is 17.7 Å². The largest absolute Gasteiger partial charge is 0.534 e. The fraction of sp³-hybridized carbons (Fsp3) is 0.154. The number of benzene rings is 2. The van der Waals surface area contributed by atoms with E-state index in [-0.39, 0.29) is 15.8 Å². The molecule has 3 rings (SSSR count). The van der Waals surface area contributed by atoms with Crippen molar-refractivity contribution >= 4 is 53.4 Å². The lowest BCUT2D eigenvalue weighted by molar-refractivity contribution is -0.0499. The first-order valence-corrected chi connectivity index (χ1v) is 10.2. The molecule has 29 heavy (non-hydrogen) atoms. The Hall–Kier alpha value is -2.26. The van der Waals surface area contributed by atoms with Crippen LogP contribution in [0.2, 0.25) is 5.02 Å².